The van der Waals surface area contributed by atoms with Crippen molar-refractivity contribution in [3.63, 3.8) is 0 Å². The summed E-state index contributed by atoms with van der Waals surface area (Å²) >= 11 is 4.82. The van der Waals surface area contributed by atoms with Crippen molar-refractivity contribution in [3.8, 4) is 17.0 Å². The molecule has 0 spiro atoms. The second-order valence-corrected chi connectivity index (χ2v) is 7.82. The maximum absolute atomic E-state index is 12.6. The number of carbonyl (C=O) groups is 1. The second-order valence-electron chi connectivity index (χ2n) is 6.11. The average molecular weight is 431 g/mol. The van der Waals surface area contributed by atoms with Gasteiger partial charge in [-0.05, 0) is 66.0 Å². The van der Waals surface area contributed by atoms with Crippen LogP contribution in [0.4, 0.5) is 5.13 Å². The molecule has 1 amide bonds. The molecule has 0 atom stereocenters. The van der Waals surface area contributed by atoms with Crippen LogP contribution in [0.2, 0.25) is 0 Å². The largest absolute Gasteiger partial charge is 0.497 e. The van der Waals surface area contributed by atoms with Crippen LogP contribution >= 0.6 is 27.3 Å². The van der Waals surface area contributed by atoms with Crippen LogP contribution < -0.4 is 10.1 Å². The van der Waals surface area contributed by atoms with Crippen LogP contribution in [0.1, 0.15) is 27.0 Å². The molecule has 0 bridgehead atoms. The fourth-order valence-electron chi connectivity index (χ4n) is 3.00. The molecular formula is C20H19BrN2O2S. The zero-order chi connectivity index (χ0) is 18.8. The highest BCUT2D eigenvalue weighted by molar-refractivity contribution is 9.10. The summed E-state index contributed by atoms with van der Waals surface area (Å²) in [6.07, 6.45) is 0. The number of hydrogen-bond donors (Lipinski definition) is 1. The Balaban J connectivity index is 1.87. The minimum absolute atomic E-state index is 0.228. The molecule has 0 aliphatic heterocycles. The first-order valence-electron chi connectivity index (χ1n) is 8.07. The molecule has 134 valence electrons. The zero-order valence-electron chi connectivity index (χ0n) is 15.0. The first kappa shape index (κ1) is 18.6. The lowest BCUT2D eigenvalue weighted by Gasteiger charge is -2.09. The van der Waals surface area contributed by atoms with Crippen molar-refractivity contribution in [1.82, 2.24) is 4.98 Å². The van der Waals surface area contributed by atoms with Crippen molar-refractivity contribution < 1.29 is 9.53 Å². The van der Waals surface area contributed by atoms with Gasteiger partial charge in [0.15, 0.2) is 5.13 Å². The van der Waals surface area contributed by atoms with Crippen LogP contribution in [0.5, 0.6) is 5.75 Å². The number of methoxy groups -OCH3 is 1. The van der Waals surface area contributed by atoms with E-state index in [1.807, 2.05) is 5.38 Å². The Kier molecular flexibility index (Phi) is 5.44. The highest BCUT2D eigenvalue weighted by Crippen LogP contribution is 2.31. The average Bonchev–Trinajstić information content (AvgIpc) is 3.02. The van der Waals surface area contributed by atoms with Gasteiger partial charge in [0.1, 0.15) is 5.75 Å². The molecule has 6 heteroatoms. The molecule has 0 unspecified atom stereocenters. The van der Waals surface area contributed by atoms with E-state index >= 15 is 0 Å². The number of nitrogens with one attached hydrogen (secondary N) is 1. The van der Waals surface area contributed by atoms with Gasteiger partial charge in [0.05, 0.1) is 18.4 Å². The van der Waals surface area contributed by atoms with Gasteiger partial charge in [-0.15, -0.1) is 11.3 Å². The van der Waals surface area contributed by atoms with Crippen molar-refractivity contribution in [3.05, 3.63) is 62.4 Å². The maximum atomic E-state index is 12.6. The number of aromatic nitrogens is 1. The van der Waals surface area contributed by atoms with Crippen LogP contribution in [0.15, 0.2) is 40.2 Å². The lowest BCUT2D eigenvalue weighted by atomic mass is 9.98. The smallest absolute Gasteiger partial charge is 0.258 e. The minimum atomic E-state index is -0.228. The predicted octanol–water partition coefficient (Wildman–Crippen LogP) is 5.76. The highest BCUT2D eigenvalue weighted by Gasteiger charge is 2.15. The van der Waals surface area contributed by atoms with Crippen molar-refractivity contribution >= 4 is 38.3 Å². The number of halogens is 1. The second kappa shape index (κ2) is 7.60. The van der Waals surface area contributed by atoms with Gasteiger partial charge in [0.2, 0.25) is 0 Å². The van der Waals surface area contributed by atoms with E-state index in [2.05, 4.69) is 59.1 Å². The molecule has 0 radical (unpaired) electrons. The van der Waals surface area contributed by atoms with E-state index in [1.165, 1.54) is 28.0 Å². The normalized spacial score (nSPS) is 10.7. The van der Waals surface area contributed by atoms with Gasteiger partial charge in [-0.25, -0.2) is 4.98 Å². The number of carbonyl (C=O) groups excluding carboxylic acids is 1. The molecular weight excluding hydrogens is 412 g/mol. The topological polar surface area (TPSA) is 51.2 Å². The van der Waals surface area contributed by atoms with E-state index in [1.54, 1.807) is 25.3 Å². The fraction of sp³-hybridized carbons (Fsp3) is 0.200. The third kappa shape index (κ3) is 3.81. The van der Waals surface area contributed by atoms with E-state index in [0.717, 1.165) is 11.3 Å². The Labute approximate surface area is 165 Å². The summed E-state index contributed by atoms with van der Waals surface area (Å²) in [7, 11) is 1.57. The summed E-state index contributed by atoms with van der Waals surface area (Å²) in [4.78, 5) is 17.2. The number of rotatable bonds is 4. The number of nitrogens with zero attached hydrogens (tertiary/aromatic N) is 1. The molecule has 0 aliphatic rings. The summed E-state index contributed by atoms with van der Waals surface area (Å²) in [5, 5.41) is 5.42. The van der Waals surface area contributed by atoms with E-state index in [9.17, 15) is 4.79 Å². The van der Waals surface area contributed by atoms with Gasteiger partial charge in [0.25, 0.3) is 5.91 Å². The minimum Gasteiger partial charge on any atom is -0.497 e. The standard InChI is InChI=1S/C20H19BrN2O2S/c1-11-7-12(2)18(13(3)8-11)17-10-26-20(22-17)23-19(24)15-9-14(25-4)5-6-16(15)21/h5-10H,1-4H3,(H,22,23,24). The van der Waals surface area contributed by atoms with Crippen LogP contribution in [0.25, 0.3) is 11.3 Å². The predicted molar refractivity (Wildman–Crippen MR) is 110 cm³/mol. The molecule has 0 saturated carbocycles. The highest BCUT2D eigenvalue weighted by atomic mass is 79.9. The maximum Gasteiger partial charge on any atom is 0.258 e. The summed E-state index contributed by atoms with van der Waals surface area (Å²) in [6.45, 7) is 6.25. The van der Waals surface area contributed by atoms with Gasteiger partial charge in [-0.3, -0.25) is 10.1 Å². The van der Waals surface area contributed by atoms with E-state index < -0.39 is 0 Å². The van der Waals surface area contributed by atoms with Crippen LogP contribution in [0, 0.1) is 20.8 Å². The van der Waals surface area contributed by atoms with Gasteiger partial charge >= 0.3 is 0 Å². The Morgan fingerprint density at radius 3 is 2.50 bits per heavy atom. The Morgan fingerprint density at radius 1 is 1.15 bits per heavy atom. The van der Waals surface area contributed by atoms with Crippen molar-refractivity contribution in [2.45, 2.75) is 20.8 Å². The number of ether oxygens (including phenoxy) is 1. The lowest BCUT2D eigenvalue weighted by molar-refractivity contribution is 0.102. The summed E-state index contributed by atoms with van der Waals surface area (Å²) in [5.74, 6) is 0.401. The van der Waals surface area contributed by atoms with Gasteiger partial charge in [-0.2, -0.15) is 0 Å². The Bertz CT molecular complexity index is 959. The van der Waals surface area contributed by atoms with Crippen molar-refractivity contribution in [2.24, 2.45) is 0 Å². The molecule has 26 heavy (non-hydrogen) atoms. The van der Waals surface area contributed by atoms with Crippen LogP contribution in [-0.2, 0) is 0 Å². The molecule has 1 heterocycles. The summed E-state index contributed by atoms with van der Waals surface area (Å²) < 4.78 is 5.90. The summed E-state index contributed by atoms with van der Waals surface area (Å²) in [6, 6.07) is 9.58. The van der Waals surface area contributed by atoms with E-state index in [0.29, 0.717) is 20.9 Å². The zero-order valence-corrected chi connectivity index (χ0v) is 17.4. The molecule has 4 nitrogen and oxygen atoms in total. The third-order valence-electron chi connectivity index (χ3n) is 4.08. The SMILES string of the molecule is COc1ccc(Br)c(C(=O)Nc2nc(-c3c(C)cc(C)cc3C)cs2)c1. The van der Waals surface area contributed by atoms with Crippen molar-refractivity contribution in [1.29, 1.82) is 0 Å². The van der Waals surface area contributed by atoms with E-state index in [4.69, 9.17) is 4.74 Å². The number of anilines is 1. The number of aryl methyl sites for hydroxylation is 3. The summed E-state index contributed by atoms with van der Waals surface area (Å²) in [5.41, 5.74) is 6.10. The van der Waals surface area contributed by atoms with Gasteiger partial charge in [-0.1, -0.05) is 17.7 Å². The van der Waals surface area contributed by atoms with Crippen LogP contribution in [0.3, 0.4) is 0 Å². The molecule has 0 fully saturated rings. The van der Waals surface area contributed by atoms with Gasteiger partial charge < -0.3 is 4.74 Å². The number of thiazole rings is 1. The van der Waals surface area contributed by atoms with Crippen LogP contribution in [-0.4, -0.2) is 18.0 Å². The molecule has 1 N–H and O–H groups in total. The fourth-order valence-corrected chi connectivity index (χ4v) is 4.12. The number of benzene rings is 2. The third-order valence-corrected chi connectivity index (χ3v) is 5.53. The van der Waals surface area contributed by atoms with E-state index in [-0.39, 0.29) is 5.91 Å². The number of hydrogen-bond acceptors (Lipinski definition) is 4. The Morgan fingerprint density at radius 2 is 1.85 bits per heavy atom. The monoisotopic (exact) mass is 430 g/mol. The number of amides is 1. The first-order valence-corrected chi connectivity index (χ1v) is 9.75. The lowest BCUT2D eigenvalue weighted by Crippen LogP contribution is -2.12. The van der Waals surface area contributed by atoms with Crippen molar-refractivity contribution in [2.75, 3.05) is 12.4 Å². The first-order chi connectivity index (χ1) is 12.4. The Hall–Kier alpha value is -2.18. The molecule has 2 aromatic carbocycles. The van der Waals surface area contributed by atoms with Gasteiger partial charge in [0, 0.05) is 15.4 Å². The molecule has 1 aromatic heterocycles. The molecule has 3 aromatic rings. The molecule has 3 rings (SSSR count). The molecule has 0 aliphatic carbocycles. The quantitative estimate of drug-likeness (QED) is 0.572. The molecule has 0 saturated heterocycles.